The van der Waals surface area contributed by atoms with Gasteiger partial charge in [-0.05, 0) is 42.8 Å². The van der Waals surface area contributed by atoms with Crippen molar-refractivity contribution in [3.8, 4) is 0 Å². The maximum atomic E-state index is 12.6. The molecule has 1 amide bonds. The third-order valence-corrected chi connectivity index (χ3v) is 4.63. The largest absolute Gasteiger partial charge is 0.378 e. The van der Waals surface area contributed by atoms with Gasteiger partial charge in [0.25, 0.3) is 5.91 Å². The first kappa shape index (κ1) is 17.1. The number of benzene rings is 2. The van der Waals surface area contributed by atoms with Crippen molar-refractivity contribution < 1.29 is 9.53 Å². The number of amides is 1. The molecule has 3 rings (SSSR count). The van der Waals surface area contributed by atoms with Crippen LogP contribution in [-0.4, -0.2) is 32.2 Å². The van der Waals surface area contributed by atoms with Gasteiger partial charge in [0.2, 0.25) is 0 Å². The van der Waals surface area contributed by atoms with Gasteiger partial charge in [0.05, 0.1) is 24.6 Å². The SMILES string of the molecule is Cc1ccc(C(=O)Nc2cc(Cl)ccc2N2CCOCC2)cc1Cl. The monoisotopic (exact) mass is 364 g/mol. The number of morpholine rings is 1. The first-order valence-corrected chi connectivity index (χ1v) is 8.50. The molecule has 24 heavy (non-hydrogen) atoms. The van der Waals surface area contributed by atoms with Gasteiger partial charge >= 0.3 is 0 Å². The summed E-state index contributed by atoms with van der Waals surface area (Å²) in [6.45, 7) is 4.80. The lowest BCUT2D eigenvalue weighted by Gasteiger charge is -2.30. The Kier molecular flexibility index (Phi) is 5.29. The van der Waals surface area contributed by atoms with Gasteiger partial charge in [0, 0.05) is 28.7 Å². The van der Waals surface area contributed by atoms with E-state index in [0.29, 0.717) is 34.5 Å². The molecule has 0 radical (unpaired) electrons. The maximum absolute atomic E-state index is 12.6. The molecule has 0 atom stereocenters. The van der Waals surface area contributed by atoms with E-state index in [2.05, 4.69) is 10.2 Å². The second-order valence-electron chi connectivity index (χ2n) is 5.68. The number of hydrogen-bond donors (Lipinski definition) is 1. The maximum Gasteiger partial charge on any atom is 0.255 e. The number of nitrogens with one attached hydrogen (secondary N) is 1. The summed E-state index contributed by atoms with van der Waals surface area (Å²) in [7, 11) is 0. The number of carbonyl (C=O) groups is 1. The molecule has 0 aromatic heterocycles. The van der Waals surface area contributed by atoms with Crippen molar-refractivity contribution in [3.05, 3.63) is 57.6 Å². The van der Waals surface area contributed by atoms with Crippen LogP contribution in [-0.2, 0) is 4.74 Å². The van der Waals surface area contributed by atoms with Gasteiger partial charge in [-0.25, -0.2) is 0 Å². The van der Waals surface area contributed by atoms with Crippen LogP contribution in [0.4, 0.5) is 11.4 Å². The summed E-state index contributed by atoms with van der Waals surface area (Å²) >= 11 is 12.2. The summed E-state index contributed by atoms with van der Waals surface area (Å²) in [5, 5.41) is 4.09. The summed E-state index contributed by atoms with van der Waals surface area (Å²) < 4.78 is 5.39. The zero-order chi connectivity index (χ0) is 17.1. The Morgan fingerprint density at radius 3 is 2.58 bits per heavy atom. The van der Waals surface area contributed by atoms with Crippen LogP contribution in [0.25, 0.3) is 0 Å². The summed E-state index contributed by atoms with van der Waals surface area (Å²) in [5.74, 6) is -0.214. The fraction of sp³-hybridized carbons (Fsp3) is 0.278. The summed E-state index contributed by atoms with van der Waals surface area (Å²) in [6, 6.07) is 10.8. The summed E-state index contributed by atoms with van der Waals surface area (Å²) in [4.78, 5) is 14.7. The molecule has 0 unspecified atom stereocenters. The van der Waals surface area contributed by atoms with E-state index < -0.39 is 0 Å². The fourth-order valence-electron chi connectivity index (χ4n) is 2.62. The van der Waals surface area contributed by atoms with Crippen LogP contribution in [0.2, 0.25) is 10.0 Å². The minimum absolute atomic E-state index is 0.214. The summed E-state index contributed by atoms with van der Waals surface area (Å²) in [5.41, 5.74) is 3.07. The van der Waals surface area contributed by atoms with Crippen LogP contribution in [0.5, 0.6) is 0 Å². The zero-order valence-electron chi connectivity index (χ0n) is 13.3. The molecular formula is C18H18Cl2N2O2. The highest BCUT2D eigenvalue weighted by molar-refractivity contribution is 6.32. The Morgan fingerprint density at radius 1 is 1.12 bits per heavy atom. The van der Waals surface area contributed by atoms with E-state index in [0.717, 1.165) is 24.3 Å². The van der Waals surface area contributed by atoms with Crippen LogP contribution in [0.3, 0.4) is 0 Å². The number of nitrogens with zero attached hydrogens (tertiary/aromatic N) is 1. The van der Waals surface area contributed by atoms with Gasteiger partial charge < -0.3 is 15.0 Å². The van der Waals surface area contributed by atoms with E-state index in [9.17, 15) is 4.79 Å². The number of anilines is 2. The Labute approximate surface area is 151 Å². The first-order chi connectivity index (χ1) is 11.5. The van der Waals surface area contributed by atoms with Crippen molar-refractivity contribution in [3.63, 3.8) is 0 Å². The second kappa shape index (κ2) is 7.43. The number of rotatable bonds is 3. The van der Waals surface area contributed by atoms with Gasteiger partial charge in [-0.1, -0.05) is 29.3 Å². The molecule has 2 aromatic rings. The number of halogens is 2. The standard InChI is InChI=1S/C18H18Cl2N2O2/c1-12-2-3-13(10-15(12)20)18(23)21-16-11-14(19)4-5-17(16)22-6-8-24-9-7-22/h2-5,10-11H,6-9H2,1H3,(H,21,23). The Morgan fingerprint density at radius 2 is 1.88 bits per heavy atom. The lowest BCUT2D eigenvalue weighted by molar-refractivity contribution is 0.102. The van der Waals surface area contributed by atoms with Crippen molar-refractivity contribution in [1.29, 1.82) is 0 Å². The molecule has 1 N–H and O–H groups in total. The normalized spacial score (nSPS) is 14.5. The predicted molar refractivity (Wildman–Crippen MR) is 98.6 cm³/mol. The fourth-order valence-corrected chi connectivity index (χ4v) is 2.97. The molecule has 0 saturated carbocycles. The predicted octanol–water partition coefficient (Wildman–Crippen LogP) is 4.39. The zero-order valence-corrected chi connectivity index (χ0v) is 14.8. The van der Waals surface area contributed by atoms with Gasteiger partial charge in [-0.2, -0.15) is 0 Å². The van der Waals surface area contributed by atoms with Crippen molar-refractivity contribution in [2.24, 2.45) is 0 Å². The van der Waals surface area contributed by atoms with Crippen molar-refractivity contribution in [2.75, 3.05) is 36.5 Å². The molecule has 4 nitrogen and oxygen atoms in total. The quantitative estimate of drug-likeness (QED) is 0.877. The van der Waals surface area contributed by atoms with E-state index in [4.69, 9.17) is 27.9 Å². The molecule has 1 saturated heterocycles. The lowest BCUT2D eigenvalue weighted by Crippen LogP contribution is -2.36. The van der Waals surface area contributed by atoms with Crippen molar-refractivity contribution in [1.82, 2.24) is 0 Å². The van der Waals surface area contributed by atoms with Crippen LogP contribution in [0.15, 0.2) is 36.4 Å². The van der Waals surface area contributed by atoms with Crippen molar-refractivity contribution in [2.45, 2.75) is 6.92 Å². The minimum atomic E-state index is -0.214. The average molecular weight is 365 g/mol. The molecule has 1 fully saturated rings. The average Bonchev–Trinajstić information content (AvgIpc) is 2.58. The van der Waals surface area contributed by atoms with E-state index >= 15 is 0 Å². The second-order valence-corrected chi connectivity index (χ2v) is 6.52. The molecular weight excluding hydrogens is 347 g/mol. The smallest absolute Gasteiger partial charge is 0.255 e. The van der Waals surface area contributed by atoms with Crippen LogP contribution in [0, 0.1) is 6.92 Å². The lowest BCUT2D eigenvalue weighted by atomic mass is 10.1. The van der Waals surface area contributed by atoms with E-state index in [1.54, 1.807) is 18.2 Å². The third-order valence-electron chi connectivity index (χ3n) is 3.99. The minimum Gasteiger partial charge on any atom is -0.378 e. The molecule has 0 bridgehead atoms. The van der Waals surface area contributed by atoms with E-state index in [1.165, 1.54) is 0 Å². The molecule has 6 heteroatoms. The molecule has 126 valence electrons. The Balaban J connectivity index is 1.86. The topological polar surface area (TPSA) is 41.6 Å². The van der Waals surface area contributed by atoms with Crippen molar-refractivity contribution >= 4 is 40.5 Å². The van der Waals surface area contributed by atoms with Crippen LogP contribution >= 0.6 is 23.2 Å². The highest BCUT2D eigenvalue weighted by atomic mass is 35.5. The van der Waals surface area contributed by atoms with Gasteiger partial charge in [-0.3, -0.25) is 4.79 Å². The Hall–Kier alpha value is -1.75. The van der Waals surface area contributed by atoms with Crippen LogP contribution in [0.1, 0.15) is 15.9 Å². The third kappa shape index (κ3) is 3.83. The van der Waals surface area contributed by atoms with Gasteiger partial charge in [0.1, 0.15) is 0 Å². The Bertz CT molecular complexity index is 759. The highest BCUT2D eigenvalue weighted by Crippen LogP contribution is 2.30. The number of hydrogen-bond acceptors (Lipinski definition) is 3. The van der Waals surface area contributed by atoms with E-state index in [1.807, 2.05) is 25.1 Å². The molecule has 0 aliphatic carbocycles. The van der Waals surface area contributed by atoms with Crippen LogP contribution < -0.4 is 10.2 Å². The number of aryl methyl sites for hydroxylation is 1. The number of ether oxygens (including phenoxy) is 1. The highest BCUT2D eigenvalue weighted by Gasteiger charge is 2.17. The van der Waals surface area contributed by atoms with Gasteiger partial charge in [0.15, 0.2) is 0 Å². The van der Waals surface area contributed by atoms with Gasteiger partial charge in [-0.15, -0.1) is 0 Å². The van der Waals surface area contributed by atoms with E-state index in [-0.39, 0.29) is 5.91 Å². The molecule has 2 aromatic carbocycles. The molecule has 1 aliphatic heterocycles. The molecule has 0 spiro atoms. The number of carbonyl (C=O) groups excluding carboxylic acids is 1. The molecule has 1 heterocycles. The summed E-state index contributed by atoms with van der Waals surface area (Å²) in [6.07, 6.45) is 0. The molecule has 1 aliphatic rings. The first-order valence-electron chi connectivity index (χ1n) is 7.74.